The molecule has 1 atom stereocenters. The van der Waals surface area contributed by atoms with Gasteiger partial charge in [0.05, 0.1) is 17.0 Å². The fourth-order valence-electron chi connectivity index (χ4n) is 2.90. The molecule has 0 fully saturated rings. The minimum atomic E-state index is -1.32. The van der Waals surface area contributed by atoms with Gasteiger partial charge < -0.3 is 5.11 Å². The van der Waals surface area contributed by atoms with Crippen LogP contribution in [0, 0.1) is 24.4 Å². The molecule has 1 heterocycles. The van der Waals surface area contributed by atoms with Crippen LogP contribution < -0.4 is 0 Å². The summed E-state index contributed by atoms with van der Waals surface area (Å²) in [4.78, 5) is 0. The minimum Gasteiger partial charge on any atom is -0.383 e. The quantitative estimate of drug-likeness (QED) is 0.738. The predicted molar refractivity (Wildman–Crippen MR) is 88.8 cm³/mol. The number of hydrogen-bond donors (Lipinski definition) is 1. The third-order valence-corrected chi connectivity index (χ3v) is 4.33. The molecule has 0 aliphatic rings. The van der Waals surface area contributed by atoms with Crippen molar-refractivity contribution < 1.29 is 18.3 Å². The fourth-order valence-corrected chi connectivity index (χ4v) is 3.17. The van der Waals surface area contributed by atoms with E-state index in [1.54, 1.807) is 6.92 Å². The topological polar surface area (TPSA) is 38.0 Å². The number of aromatic nitrogens is 2. The summed E-state index contributed by atoms with van der Waals surface area (Å²) in [6.07, 6.45) is -1.32. The number of halogens is 4. The van der Waals surface area contributed by atoms with Crippen molar-refractivity contribution in [1.29, 1.82) is 0 Å². The molecular weight excluding hydrogens is 353 g/mol. The van der Waals surface area contributed by atoms with Gasteiger partial charge in [-0.2, -0.15) is 5.10 Å². The van der Waals surface area contributed by atoms with E-state index in [1.807, 2.05) is 0 Å². The van der Waals surface area contributed by atoms with E-state index in [0.29, 0.717) is 5.69 Å². The van der Waals surface area contributed by atoms with E-state index in [4.69, 9.17) is 11.6 Å². The van der Waals surface area contributed by atoms with Gasteiger partial charge in [-0.1, -0.05) is 23.7 Å². The van der Waals surface area contributed by atoms with Crippen LogP contribution in [0.25, 0.3) is 11.3 Å². The highest BCUT2D eigenvalue weighted by Crippen LogP contribution is 2.38. The van der Waals surface area contributed by atoms with Crippen LogP contribution in [-0.4, -0.2) is 14.9 Å². The molecule has 0 radical (unpaired) electrons. The number of hydrogen-bond acceptors (Lipinski definition) is 2. The molecule has 2 aromatic carbocycles. The van der Waals surface area contributed by atoms with E-state index in [2.05, 4.69) is 5.10 Å². The van der Waals surface area contributed by atoms with Gasteiger partial charge in [-0.25, -0.2) is 13.2 Å². The third-order valence-electron chi connectivity index (χ3n) is 4.00. The lowest BCUT2D eigenvalue weighted by atomic mass is 9.96. The Labute approximate surface area is 147 Å². The lowest BCUT2D eigenvalue weighted by Gasteiger charge is -2.16. The number of aliphatic hydroxyl groups excluding tert-OH is 1. The van der Waals surface area contributed by atoms with Gasteiger partial charge in [0, 0.05) is 23.2 Å². The number of aryl methyl sites for hydroxylation is 2. The summed E-state index contributed by atoms with van der Waals surface area (Å²) in [5, 5.41) is 15.0. The van der Waals surface area contributed by atoms with Gasteiger partial charge in [-0.3, -0.25) is 4.68 Å². The van der Waals surface area contributed by atoms with E-state index in [0.717, 1.165) is 24.3 Å². The van der Waals surface area contributed by atoms with E-state index in [1.165, 1.54) is 23.9 Å². The summed E-state index contributed by atoms with van der Waals surface area (Å²) in [5.41, 5.74) is 0.615. The van der Waals surface area contributed by atoms with Crippen molar-refractivity contribution in [2.45, 2.75) is 13.0 Å². The van der Waals surface area contributed by atoms with Gasteiger partial charge in [-0.05, 0) is 31.2 Å². The molecule has 0 bridgehead atoms. The summed E-state index contributed by atoms with van der Waals surface area (Å²) in [5.74, 6) is -2.10. The molecule has 3 rings (SSSR count). The smallest absolute Gasteiger partial charge is 0.135 e. The maximum absolute atomic E-state index is 14.3. The van der Waals surface area contributed by atoms with Crippen molar-refractivity contribution in [1.82, 2.24) is 9.78 Å². The van der Waals surface area contributed by atoms with Crippen molar-refractivity contribution in [3.63, 3.8) is 0 Å². The van der Waals surface area contributed by atoms with Gasteiger partial charge in [0.1, 0.15) is 23.6 Å². The van der Waals surface area contributed by atoms with E-state index < -0.39 is 23.6 Å². The number of benzene rings is 2. The maximum Gasteiger partial charge on any atom is 0.135 e. The molecule has 0 aliphatic carbocycles. The minimum absolute atomic E-state index is 0.00992. The molecule has 130 valence electrons. The molecule has 0 aliphatic heterocycles. The molecule has 7 heteroatoms. The lowest BCUT2D eigenvalue weighted by molar-refractivity contribution is 0.220. The summed E-state index contributed by atoms with van der Waals surface area (Å²) in [7, 11) is 1.52. The normalized spacial score (nSPS) is 12.4. The Balaban J connectivity index is 2.24. The first-order chi connectivity index (χ1) is 11.8. The van der Waals surface area contributed by atoms with Crippen LogP contribution in [0.4, 0.5) is 13.2 Å². The fraction of sp³-hybridized carbons (Fsp3) is 0.167. The van der Waals surface area contributed by atoms with Crippen molar-refractivity contribution in [3.8, 4) is 11.3 Å². The van der Waals surface area contributed by atoms with E-state index in [-0.39, 0.29) is 27.4 Å². The Bertz CT molecular complexity index is 935. The third kappa shape index (κ3) is 3.03. The van der Waals surface area contributed by atoms with Crippen molar-refractivity contribution in [2.24, 2.45) is 7.05 Å². The first kappa shape index (κ1) is 17.5. The zero-order chi connectivity index (χ0) is 18.3. The van der Waals surface area contributed by atoms with Crippen molar-refractivity contribution >= 4 is 11.6 Å². The average Bonchev–Trinajstić information content (AvgIpc) is 2.81. The SMILES string of the molecule is Cc1nn(C)c(-c2c(F)cccc2F)c1C(O)c1ccc(F)cc1Cl. The van der Waals surface area contributed by atoms with Gasteiger partial charge in [0.25, 0.3) is 0 Å². The molecule has 0 spiro atoms. The first-order valence-corrected chi connectivity index (χ1v) is 7.80. The van der Waals surface area contributed by atoms with Crippen LogP contribution in [0.2, 0.25) is 5.02 Å². The molecule has 1 N–H and O–H groups in total. The summed E-state index contributed by atoms with van der Waals surface area (Å²) in [6, 6.07) is 7.05. The highest BCUT2D eigenvalue weighted by atomic mass is 35.5. The van der Waals surface area contributed by atoms with E-state index in [9.17, 15) is 18.3 Å². The highest BCUT2D eigenvalue weighted by molar-refractivity contribution is 6.31. The molecule has 1 aromatic heterocycles. The Morgan fingerprint density at radius 2 is 1.76 bits per heavy atom. The molecule has 3 nitrogen and oxygen atoms in total. The molecule has 0 saturated heterocycles. The molecule has 25 heavy (non-hydrogen) atoms. The monoisotopic (exact) mass is 366 g/mol. The van der Waals surface area contributed by atoms with Crippen molar-refractivity contribution in [2.75, 3.05) is 0 Å². The van der Waals surface area contributed by atoms with Crippen LogP contribution in [0.3, 0.4) is 0 Å². The molecule has 3 aromatic rings. The molecule has 0 saturated carbocycles. The molecule has 0 amide bonds. The number of aliphatic hydroxyl groups is 1. The Kier molecular flexibility index (Phi) is 4.58. The lowest BCUT2D eigenvalue weighted by Crippen LogP contribution is -2.06. The summed E-state index contributed by atoms with van der Waals surface area (Å²) in [6.45, 7) is 1.61. The largest absolute Gasteiger partial charge is 0.383 e. The van der Waals surface area contributed by atoms with Crippen LogP contribution in [0.1, 0.15) is 22.9 Å². The Morgan fingerprint density at radius 1 is 1.12 bits per heavy atom. The standard InChI is InChI=1S/C18H14ClF3N2O/c1-9-15(18(25)11-7-6-10(20)8-12(11)19)17(24(2)23-9)16-13(21)4-3-5-14(16)22/h3-8,18,25H,1-2H3. The Morgan fingerprint density at radius 3 is 2.36 bits per heavy atom. The van der Waals surface area contributed by atoms with Crippen LogP contribution in [0.5, 0.6) is 0 Å². The van der Waals surface area contributed by atoms with Crippen molar-refractivity contribution in [3.05, 3.63) is 75.7 Å². The zero-order valence-corrected chi connectivity index (χ0v) is 14.2. The van der Waals surface area contributed by atoms with Gasteiger partial charge in [0.2, 0.25) is 0 Å². The van der Waals surface area contributed by atoms with Gasteiger partial charge in [-0.15, -0.1) is 0 Å². The van der Waals surface area contributed by atoms with Crippen LogP contribution in [-0.2, 0) is 7.05 Å². The van der Waals surface area contributed by atoms with Crippen LogP contribution in [0.15, 0.2) is 36.4 Å². The Hall–Kier alpha value is -2.31. The molecular formula is C18H14ClF3N2O. The average molecular weight is 367 g/mol. The number of nitrogens with zero attached hydrogens (tertiary/aromatic N) is 2. The zero-order valence-electron chi connectivity index (χ0n) is 13.4. The van der Waals surface area contributed by atoms with E-state index >= 15 is 0 Å². The second-order valence-electron chi connectivity index (χ2n) is 5.64. The van der Waals surface area contributed by atoms with Crippen LogP contribution >= 0.6 is 11.6 Å². The first-order valence-electron chi connectivity index (χ1n) is 7.42. The molecule has 1 unspecified atom stereocenters. The maximum atomic E-state index is 14.3. The summed E-state index contributed by atoms with van der Waals surface area (Å²) < 4.78 is 43.1. The second kappa shape index (κ2) is 6.54. The predicted octanol–water partition coefficient (Wildman–Crippen LogP) is 4.55. The van der Waals surface area contributed by atoms with Gasteiger partial charge in [0.15, 0.2) is 0 Å². The highest BCUT2D eigenvalue weighted by Gasteiger charge is 2.27. The van der Waals surface area contributed by atoms with Gasteiger partial charge >= 0.3 is 0 Å². The second-order valence-corrected chi connectivity index (χ2v) is 6.04. The number of rotatable bonds is 3. The summed E-state index contributed by atoms with van der Waals surface area (Å²) >= 11 is 6.02.